The van der Waals surface area contributed by atoms with Gasteiger partial charge in [0.2, 0.25) is 0 Å². The second-order valence-electron chi connectivity index (χ2n) is 3.86. The van der Waals surface area contributed by atoms with Crippen LogP contribution in [0.2, 0.25) is 0 Å². The maximum atomic E-state index is 12.1. The Morgan fingerprint density at radius 2 is 2.32 bits per heavy atom. The number of thioether (sulfide) groups is 1. The first-order valence-electron chi connectivity index (χ1n) is 5.66. The van der Waals surface area contributed by atoms with Crippen molar-refractivity contribution < 1.29 is 9.53 Å². The summed E-state index contributed by atoms with van der Waals surface area (Å²) >= 11 is 6.49. The molecule has 1 aromatic carbocycles. The van der Waals surface area contributed by atoms with Crippen molar-refractivity contribution >= 4 is 40.3 Å². The van der Waals surface area contributed by atoms with Crippen molar-refractivity contribution in [2.24, 2.45) is 0 Å². The fourth-order valence-corrected chi connectivity index (χ4v) is 2.94. The number of rotatable bonds is 4. The van der Waals surface area contributed by atoms with Crippen LogP contribution in [0, 0.1) is 0 Å². The van der Waals surface area contributed by atoms with Crippen LogP contribution < -0.4 is 4.74 Å². The van der Waals surface area contributed by atoms with Crippen LogP contribution in [0.1, 0.15) is 5.56 Å². The minimum Gasteiger partial charge on any atom is -0.497 e. The number of carbonyl (C=O) groups excluding carboxylic acids is 1. The Morgan fingerprint density at radius 1 is 1.53 bits per heavy atom. The molecule has 0 saturated carbocycles. The molecule has 1 amide bonds. The van der Waals surface area contributed by atoms with Gasteiger partial charge in [-0.05, 0) is 23.8 Å². The van der Waals surface area contributed by atoms with Gasteiger partial charge in [0.25, 0.3) is 5.91 Å². The van der Waals surface area contributed by atoms with Crippen LogP contribution in [0.15, 0.2) is 41.8 Å². The molecule has 1 fully saturated rings. The topological polar surface area (TPSA) is 29.5 Å². The number of methoxy groups -OCH3 is 1. The first-order valence-corrected chi connectivity index (χ1v) is 6.88. The highest BCUT2D eigenvalue weighted by Gasteiger charge is 2.30. The molecule has 1 saturated heterocycles. The monoisotopic (exact) mass is 291 g/mol. The molecule has 19 heavy (non-hydrogen) atoms. The molecule has 98 valence electrons. The lowest BCUT2D eigenvalue weighted by Gasteiger charge is -2.10. The van der Waals surface area contributed by atoms with Crippen molar-refractivity contribution in [2.75, 3.05) is 13.7 Å². The van der Waals surface area contributed by atoms with Gasteiger partial charge in [-0.2, -0.15) is 0 Å². The molecule has 0 atom stereocenters. The maximum Gasteiger partial charge on any atom is 0.266 e. The zero-order chi connectivity index (χ0) is 13.8. The van der Waals surface area contributed by atoms with Gasteiger partial charge < -0.3 is 4.74 Å². The Bertz CT molecular complexity index is 566. The second-order valence-corrected chi connectivity index (χ2v) is 5.53. The Morgan fingerprint density at radius 3 is 3.00 bits per heavy atom. The summed E-state index contributed by atoms with van der Waals surface area (Å²) in [6, 6.07) is 7.54. The third-order valence-electron chi connectivity index (χ3n) is 2.58. The van der Waals surface area contributed by atoms with Crippen LogP contribution >= 0.6 is 24.0 Å². The molecule has 1 aliphatic rings. The number of benzene rings is 1. The largest absolute Gasteiger partial charge is 0.497 e. The Kier molecular flexibility index (Phi) is 4.39. The van der Waals surface area contributed by atoms with Gasteiger partial charge in [0, 0.05) is 6.54 Å². The van der Waals surface area contributed by atoms with E-state index in [4.69, 9.17) is 17.0 Å². The van der Waals surface area contributed by atoms with Gasteiger partial charge in [-0.25, -0.2) is 0 Å². The van der Waals surface area contributed by atoms with E-state index in [1.807, 2.05) is 30.3 Å². The molecular weight excluding hydrogens is 278 g/mol. The van der Waals surface area contributed by atoms with Crippen LogP contribution in [0.25, 0.3) is 6.08 Å². The third-order valence-corrected chi connectivity index (χ3v) is 3.95. The van der Waals surface area contributed by atoms with Gasteiger partial charge in [-0.1, -0.05) is 42.2 Å². The lowest BCUT2D eigenvalue weighted by molar-refractivity contribution is -0.121. The highest BCUT2D eigenvalue weighted by Crippen LogP contribution is 2.32. The zero-order valence-corrected chi connectivity index (χ0v) is 12.1. The number of hydrogen-bond donors (Lipinski definition) is 0. The predicted octanol–water partition coefficient (Wildman–Crippen LogP) is 3.08. The van der Waals surface area contributed by atoms with Crippen LogP contribution in [0.5, 0.6) is 5.75 Å². The summed E-state index contributed by atoms with van der Waals surface area (Å²) in [5.41, 5.74) is 0.915. The molecule has 0 aliphatic carbocycles. The number of carbonyl (C=O) groups is 1. The fraction of sp³-hybridized carbons (Fsp3) is 0.143. The van der Waals surface area contributed by atoms with Gasteiger partial charge >= 0.3 is 0 Å². The fourth-order valence-electron chi connectivity index (χ4n) is 1.67. The molecular formula is C14H13NO2S2. The van der Waals surface area contributed by atoms with Crippen LogP contribution in [-0.2, 0) is 4.79 Å². The number of hydrogen-bond acceptors (Lipinski definition) is 4. The molecule has 5 heteroatoms. The Labute approximate surface area is 121 Å². The summed E-state index contributed by atoms with van der Waals surface area (Å²) in [6.45, 7) is 4.07. The van der Waals surface area contributed by atoms with E-state index in [0.29, 0.717) is 15.8 Å². The first-order chi connectivity index (χ1) is 9.15. The molecule has 3 nitrogen and oxygen atoms in total. The quantitative estimate of drug-likeness (QED) is 0.484. The van der Waals surface area contributed by atoms with E-state index in [-0.39, 0.29) is 5.91 Å². The van der Waals surface area contributed by atoms with Gasteiger partial charge in [-0.15, -0.1) is 6.58 Å². The first kappa shape index (κ1) is 13.8. The van der Waals surface area contributed by atoms with E-state index in [2.05, 4.69) is 6.58 Å². The normalized spacial score (nSPS) is 17.1. The van der Waals surface area contributed by atoms with E-state index < -0.39 is 0 Å². The smallest absolute Gasteiger partial charge is 0.266 e. The maximum absolute atomic E-state index is 12.1. The molecule has 2 rings (SSSR count). The van der Waals surface area contributed by atoms with Crippen LogP contribution in [0.3, 0.4) is 0 Å². The van der Waals surface area contributed by atoms with E-state index in [1.54, 1.807) is 18.1 Å². The van der Waals surface area contributed by atoms with Crippen LogP contribution in [-0.4, -0.2) is 28.8 Å². The summed E-state index contributed by atoms with van der Waals surface area (Å²) in [5.74, 6) is 0.688. The second kappa shape index (κ2) is 6.04. The molecule has 0 spiro atoms. The minimum atomic E-state index is -0.0716. The number of ether oxygens (including phenoxy) is 1. The molecule has 1 heterocycles. The molecule has 1 aliphatic heterocycles. The van der Waals surface area contributed by atoms with Crippen molar-refractivity contribution in [3.8, 4) is 5.75 Å². The Balaban J connectivity index is 2.26. The van der Waals surface area contributed by atoms with E-state index in [0.717, 1.165) is 11.3 Å². The van der Waals surface area contributed by atoms with Gasteiger partial charge in [0.05, 0.1) is 12.0 Å². The number of amides is 1. The average molecular weight is 291 g/mol. The molecule has 0 unspecified atom stereocenters. The number of nitrogens with zero attached hydrogens (tertiary/aromatic N) is 1. The van der Waals surface area contributed by atoms with Crippen molar-refractivity contribution in [3.05, 3.63) is 47.4 Å². The summed E-state index contributed by atoms with van der Waals surface area (Å²) < 4.78 is 5.73. The van der Waals surface area contributed by atoms with Crippen molar-refractivity contribution in [2.45, 2.75) is 0 Å². The molecule has 1 aromatic rings. The van der Waals surface area contributed by atoms with Gasteiger partial charge in [0.1, 0.15) is 10.1 Å². The van der Waals surface area contributed by atoms with E-state index >= 15 is 0 Å². The average Bonchev–Trinajstić information content (AvgIpc) is 2.67. The predicted molar refractivity (Wildman–Crippen MR) is 83.1 cm³/mol. The summed E-state index contributed by atoms with van der Waals surface area (Å²) in [4.78, 5) is 14.3. The van der Waals surface area contributed by atoms with E-state index in [1.165, 1.54) is 11.8 Å². The Hall–Kier alpha value is -1.59. The summed E-state index contributed by atoms with van der Waals surface area (Å²) in [7, 11) is 1.61. The summed E-state index contributed by atoms with van der Waals surface area (Å²) in [6.07, 6.45) is 3.49. The highest BCUT2D eigenvalue weighted by atomic mass is 32.2. The van der Waals surface area contributed by atoms with Gasteiger partial charge in [-0.3, -0.25) is 9.69 Å². The SMILES string of the molecule is C=CCN1C(=O)/C(=C\c2cccc(OC)c2)SC1=S. The lowest BCUT2D eigenvalue weighted by atomic mass is 10.2. The van der Waals surface area contributed by atoms with Crippen molar-refractivity contribution in [3.63, 3.8) is 0 Å². The van der Waals surface area contributed by atoms with Crippen LogP contribution in [0.4, 0.5) is 0 Å². The molecule has 0 bridgehead atoms. The zero-order valence-electron chi connectivity index (χ0n) is 10.5. The minimum absolute atomic E-state index is 0.0716. The van der Waals surface area contributed by atoms with Gasteiger partial charge in [0.15, 0.2) is 0 Å². The van der Waals surface area contributed by atoms with Crippen molar-refractivity contribution in [1.29, 1.82) is 0 Å². The summed E-state index contributed by atoms with van der Waals surface area (Å²) in [5, 5.41) is 0. The van der Waals surface area contributed by atoms with Crippen molar-refractivity contribution in [1.82, 2.24) is 4.90 Å². The third kappa shape index (κ3) is 3.05. The molecule has 0 N–H and O–H groups in total. The lowest BCUT2D eigenvalue weighted by Crippen LogP contribution is -2.27. The van der Waals surface area contributed by atoms with E-state index in [9.17, 15) is 4.79 Å². The standard InChI is InChI=1S/C14H13NO2S2/c1-3-7-15-13(16)12(19-14(15)18)9-10-5-4-6-11(8-10)17-2/h3-6,8-9H,1,7H2,2H3/b12-9+. The highest BCUT2D eigenvalue weighted by molar-refractivity contribution is 8.26. The molecule has 0 radical (unpaired) electrons. The number of thiocarbonyl (C=S) groups is 1. The molecule has 0 aromatic heterocycles.